The second-order valence-electron chi connectivity index (χ2n) is 6.69. The van der Waals surface area contributed by atoms with Gasteiger partial charge in [-0.1, -0.05) is 62.7 Å². The molecule has 0 heterocycles. The number of carbonyl (C=O) groups excluding carboxylic acids is 1. The Bertz CT molecular complexity index is 705. The lowest BCUT2D eigenvalue weighted by atomic mass is 9.84. The minimum atomic E-state index is -0.218. The number of anilines is 1. The highest BCUT2D eigenvalue weighted by molar-refractivity contribution is 6.30. The number of nitrogens with one attached hydrogen (secondary N) is 2. The summed E-state index contributed by atoms with van der Waals surface area (Å²) in [6.07, 6.45) is 0. The summed E-state index contributed by atoms with van der Waals surface area (Å²) in [6.45, 7) is 8.84. The minimum Gasteiger partial charge on any atom is -0.334 e. The third kappa shape index (κ3) is 4.73. The fraction of sp³-hybridized carbons (Fsp3) is 0.316. The summed E-state index contributed by atoms with van der Waals surface area (Å²) in [6, 6.07) is 13.3. The van der Waals surface area contributed by atoms with Gasteiger partial charge in [0.1, 0.15) is 0 Å². The van der Waals surface area contributed by atoms with Gasteiger partial charge in [0.25, 0.3) is 0 Å². The monoisotopic (exact) mass is 330 g/mol. The van der Waals surface area contributed by atoms with E-state index in [0.29, 0.717) is 11.6 Å². The van der Waals surface area contributed by atoms with Crippen molar-refractivity contribution >= 4 is 23.3 Å². The first-order valence-electron chi connectivity index (χ1n) is 7.67. The van der Waals surface area contributed by atoms with Crippen LogP contribution in [0.1, 0.15) is 37.5 Å². The number of carbonyl (C=O) groups is 1. The lowest BCUT2D eigenvalue weighted by molar-refractivity contribution is 0.251. The van der Waals surface area contributed by atoms with Gasteiger partial charge in [0.15, 0.2) is 0 Å². The lowest BCUT2D eigenvalue weighted by Gasteiger charge is -2.24. The van der Waals surface area contributed by atoms with Crippen LogP contribution in [-0.2, 0) is 12.0 Å². The Morgan fingerprint density at radius 3 is 2.48 bits per heavy atom. The van der Waals surface area contributed by atoms with Crippen molar-refractivity contribution in [1.82, 2.24) is 5.32 Å². The number of halogens is 1. The first-order valence-corrected chi connectivity index (χ1v) is 8.04. The molecule has 0 aliphatic heterocycles. The van der Waals surface area contributed by atoms with Gasteiger partial charge < -0.3 is 10.6 Å². The van der Waals surface area contributed by atoms with Crippen molar-refractivity contribution in [3.05, 3.63) is 64.2 Å². The highest BCUT2D eigenvalue weighted by Crippen LogP contribution is 2.31. The number of hydrogen-bond acceptors (Lipinski definition) is 1. The average Bonchev–Trinajstić information content (AvgIpc) is 2.46. The fourth-order valence-corrected chi connectivity index (χ4v) is 2.66. The van der Waals surface area contributed by atoms with Crippen molar-refractivity contribution in [3.8, 4) is 0 Å². The molecule has 0 spiro atoms. The summed E-state index contributed by atoms with van der Waals surface area (Å²) in [5.41, 5.74) is 3.98. The Kier molecular flexibility index (Phi) is 5.32. The largest absolute Gasteiger partial charge is 0.334 e. The topological polar surface area (TPSA) is 41.1 Å². The minimum absolute atomic E-state index is 0.0401. The summed E-state index contributed by atoms with van der Waals surface area (Å²) in [4.78, 5) is 12.2. The number of para-hydroxylation sites is 1. The molecule has 0 aromatic heterocycles. The van der Waals surface area contributed by atoms with Crippen molar-refractivity contribution in [2.45, 2.75) is 39.7 Å². The molecule has 3 nitrogen and oxygen atoms in total. The maximum atomic E-state index is 12.2. The molecule has 0 unspecified atom stereocenters. The first kappa shape index (κ1) is 17.4. The van der Waals surface area contributed by atoms with E-state index in [2.05, 4.69) is 37.5 Å². The Labute approximate surface area is 143 Å². The van der Waals surface area contributed by atoms with E-state index in [9.17, 15) is 4.79 Å². The molecule has 0 fully saturated rings. The predicted octanol–water partition coefficient (Wildman–Crippen LogP) is 5.27. The number of aryl methyl sites for hydroxylation is 1. The average molecular weight is 331 g/mol. The molecule has 0 bridgehead atoms. The van der Waals surface area contributed by atoms with Crippen LogP contribution in [0, 0.1) is 6.92 Å². The summed E-state index contributed by atoms with van der Waals surface area (Å²) in [5.74, 6) is 0. The Morgan fingerprint density at radius 1 is 1.13 bits per heavy atom. The van der Waals surface area contributed by atoms with Crippen LogP contribution in [0.15, 0.2) is 42.5 Å². The van der Waals surface area contributed by atoms with Gasteiger partial charge in [-0.25, -0.2) is 4.79 Å². The quantitative estimate of drug-likeness (QED) is 0.791. The van der Waals surface area contributed by atoms with Crippen molar-refractivity contribution in [2.75, 3.05) is 5.32 Å². The summed E-state index contributed by atoms with van der Waals surface area (Å²) < 4.78 is 0. The molecule has 4 heteroatoms. The molecule has 0 saturated carbocycles. The van der Waals surface area contributed by atoms with Crippen LogP contribution in [0.4, 0.5) is 10.5 Å². The van der Waals surface area contributed by atoms with Crippen LogP contribution in [0.2, 0.25) is 5.02 Å². The molecule has 2 rings (SSSR count). The van der Waals surface area contributed by atoms with E-state index < -0.39 is 0 Å². The number of benzene rings is 2. The van der Waals surface area contributed by atoms with Crippen LogP contribution < -0.4 is 10.6 Å². The van der Waals surface area contributed by atoms with Crippen molar-refractivity contribution < 1.29 is 4.79 Å². The Morgan fingerprint density at radius 2 is 1.83 bits per heavy atom. The zero-order valence-corrected chi connectivity index (χ0v) is 14.8. The second-order valence-corrected chi connectivity index (χ2v) is 7.12. The molecule has 0 atom stereocenters. The predicted molar refractivity (Wildman–Crippen MR) is 97.2 cm³/mol. The van der Waals surface area contributed by atoms with Gasteiger partial charge in [-0.05, 0) is 41.2 Å². The summed E-state index contributed by atoms with van der Waals surface area (Å²) in [5, 5.41) is 6.52. The Balaban J connectivity index is 2.09. The maximum absolute atomic E-state index is 12.2. The molecule has 23 heavy (non-hydrogen) atoms. The third-order valence-corrected chi connectivity index (χ3v) is 3.90. The fourth-order valence-electron chi connectivity index (χ4n) is 2.45. The molecule has 2 aromatic carbocycles. The van der Waals surface area contributed by atoms with Crippen LogP contribution in [-0.4, -0.2) is 6.03 Å². The molecular formula is C19H23ClN2O. The number of urea groups is 1. The van der Waals surface area contributed by atoms with E-state index in [0.717, 1.165) is 22.4 Å². The normalized spacial score (nSPS) is 11.2. The van der Waals surface area contributed by atoms with Crippen molar-refractivity contribution in [1.29, 1.82) is 0 Å². The van der Waals surface area contributed by atoms with Gasteiger partial charge in [-0.2, -0.15) is 0 Å². The zero-order chi connectivity index (χ0) is 17.0. The van der Waals surface area contributed by atoms with E-state index in [1.165, 1.54) is 0 Å². The smallest absolute Gasteiger partial charge is 0.319 e. The van der Waals surface area contributed by atoms with Crippen LogP contribution in [0.3, 0.4) is 0 Å². The van der Waals surface area contributed by atoms with Crippen LogP contribution >= 0.6 is 11.6 Å². The molecule has 2 amide bonds. The third-order valence-electron chi connectivity index (χ3n) is 3.66. The van der Waals surface area contributed by atoms with Gasteiger partial charge in [0, 0.05) is 17.3 Å². The lowest BCUT2D eigenvalue weighted by Crippen LogP contribution is -2.30. The second kappa shape index (κ2) is 7.05. The van der Waals surface area contributed by atoms with E-state index in [4.69, 9.17) is 11.6 Å². The van der Waals surface area contributed by atoms with Crippen molar-refractivity contribution in [3.63, 3.8) is 0 Å². The molecule has 0 saturated heterocycles. The highest BCUT2D eigenvalue weighted by Gasteiger charge is 2.20. The van der Waals surface area contributed by atoms with Crippen LogP contribution in [0.25, 0.3) is 0 Å². The zero-order valence-electron chi connectivity index (χ0n) is 14.0. The molecule has 122 valence electrons. The maximum Gasteiger partial charge on any atom is 0.319 e. The summed E-state index contributed by atoms with van der Waals surface area (Å²) >= 11 is 5.95. The van der Waals surface area contributed by atoms with E-state index in [1.807, 2.05) is 43.3 Å². The van der Waals surface area contributed by atoms with E-state index >= 15 is 0 Å². The number of hydrogen-bond donors (Lipinski definition) is 2. The van der Waals surface area contributed by atoms with E-state index in [-0.39, 0.29) is 11.4 Å². The Hall–Kier alpha value is -2.00. The molecule has 2 aromatic rings. The molecular weight excluding hydrogens is 308 g/mol. The van der Waals surface area contributed by atoms with Gasteiger partial charge in [0.2, 0.25) is 0 Å². The van der Waals surface area contributed by atoms with Crippen molar-refractivity contribution in [2.24, 2.45) is 0 Å². The van der Waals surface area contributed by atoms with Gasteiger partial charge >= 0.3 is 6.03 Å². The SMILES string of the molecule is Cc1cccc(C(C)(C)C)c1NC(=O)NCc1cccc(Cl)c1. The van der Waals surface area contributed by atoms with Gasteiger partial charge in [-0.15, -0.1) is 0 Å². The van der Waals surface area contributed by atoms with Crippen LogP contribution in [0.5, 0.6) is 0 Å². The molecule has 0 aliphatic carbocycles. The molecule has 2 N–H and O–H groups in total. The number of amides is 2. The standard InChI is InChI=1S/C19H23ClN2O/c1-13-7-5-10-16(19(2,3)4)17(13)22-18(23)21-12-14-8-6-9-15(20)11-14/h5-11H,12H2,1-4H3,(H2,21,22,23). The first-order chi connectivity index (χ1) is 10.8. The highest BCUT2D eigenvalue weighted by atomic mass is 35.5. The number of rotatable bonds is 3. The molecule has 0 radical (unpaired) electrons. The van der Waals surface area contributed by atoms with Gasteiger partial charge in [0.05, 0.1) is 0 Å². The van der Waals surface area contributed by atoms with E-state index in [1.54, 1.807) is 0 Å². The molecule has 0 aliphatic rings. The van der Waals surface area contributed by atoms with Gasteiger partial charge in [-0.3, -0.25) is 0 Å². The summed E-state index contributed by atoms with van der Waals surface area (Å²) in [7, 11) is 0.